The van der Waals surface area contributed by atoms with Gasteiger partial charge in [0, 0.05) is 16.1 Å². The van der Waals surface area contributed by atoms with Gasteiger partial charge < -0.3 is 9.84 Å². The Morgan fingerprint density at radius 3 is 2.64 bits per heavy atom. The minimum atomic E-state index is -1.02. The molecule has 114 valence electrons. The van der Waals surface area contributed by atoms with Crippen molar-refractivity contribution in [3.05, 3.63) is 68.1 Å². The van der Waals surface area contributed by atoms with Gasteiger partial charge >= 0.3 is 5.97 Å². The van der Waals surface area contributed by atoms with E-state index in [0.29, 0.717) is 28.0 Å². The molecule has 0 radical (unpaired) electrons. The van der Waals surface area contributed by atoms with E-state index in [1.165, 1.54) is 6.08 Å². The van der Waals surface area contributed by atoms with Gasteiger partial charge in [0.1, 0.15) is 12.4 Å². The van der Waals surface area contributed by atoms with Gasteiger partial charge in [-0.3, -0.25) is 0 Å². The minimum absolute atomic E-state index is 0.298. The summed E-state index contributed by atoms with van der Waals surface area (Å²) in [5, 5.41) is 9.68. The maximum absolute atomic E-state index is 10.7. The molecule has 2 aromatic rings. The molecule has 0 spiro atoms. The van der Waals surface area contributed by atoms with E-state index >= 15 is 0 Å². The van der Waals surface area contributed by atoms with E-state index < -0.39 is 5.97 Å². The van der Waals surface area contributed by atoms with Gasteiger partial charge in [-0.25, -0.2) is 4.79 Å². The molecule has 2 rings (SSSR count). The molecule has 22 heavy (non-hydrogen) atoms. The number of hydrogen-bond donors (Lipinski definition) is 1. The number of carbonyl (C=O) groups is 1. The Balaban J connectivity index is 2.18. The highest BCUT2D eigenvalue weighted by atomic mass is 79.9. The van der Waals surface area contributed by atoms with Crippen molar-refractivity contribution < 1.29 is 14.6 Å². The number of benzene rings is 2. The monoisotopic (exact) mass is 400 g/mol. The summed E-state index contributed by atoms with van der Waals surface area (Å²) in [7, 11) is 0. The van der Waals surface area contributed by atoms with Gasteiger partial charge in [0.25, 0.3) is 0 Å². The van der Waals surface area contributed by atoms with E-state index in [1.54, 1.807) is 24.3 Å². The largest absolute Gasteiger partial charge is 0.488 e. The van der Waals surface area contributed by atoms with Crippen LogP contribution in [0.1, 0.15) is 11.1 Å². The summed E-state index contributed by atoms with van der Waals surface area (Å²) in [6.07, 6.45) is 2.55. The molecule has 0 aromatic heterocycles. The van der Waals surface area contributed by atoms with Crippen molar-refractivity contribution in [2.45, 2.75) is 6.61 Å². The van der Waals surface area contributed by atoms with Crippen LogP contribution in [-0.4, -0.2) is 11.1 Å². The SMILES string of the molecule is O=C(O)/C=C/c1cc(Br)ccc1OCc1ccc(Cl)c(Cl)c1. The lowest BCUT2D eigenvalue weighted by atomic mass is 10.2. The molecule has 0 heterocycles. The second-order valence-corrected chi connectivity index (χ2v) is 6.12. The average Bonchev–Trinajstić information content (AvgIpc) is 2.47. The molecule has 0 bridgehead atoms. The number of rotatable bonds is 5. The number of carboxylic acid groups (broad SMARTS) is 1. The van der Waals surface area contributed by atoms with Crippen molar-refractivity contribution in [3.8, 4) is 5.75 Å². The zero-order valence-corrected chi connectivity index (χ0v) is 14.3. The zero-order valence-electron chi connectivity index (χ0n) is 11.2. The van der Waals surface area contributed by atoms with Crippen molar-refractivity contribution >= 4 is 51.2 Å². The van der Waals surface area contributed by atoms with Crippen LogP contribution in [0.25, 0.3) is 6.08 Å². The number of ether oxygens (including phenoxy) is 1. The molecule has 6 heteroatoms. The van der Waals surface area contributed by atoms with Crippen LogP contribution >= 0.6 is 39.1 Å². The van der Waals surface area contributed by atoms with Crippen molar-refractivity contribution in [3.63, 3.8) is 0 Å². The Morgan fingerprint density at radius 1 is 1.18 bits per heavy atom. The van der Waals surface area contributed by atoms with Gasteiger partial charge in [0.2, 0.25) is 0 Å². The Morgan fingerprint density at radius 2 is 1.95 bits per heavy atom. The summed E-state index contributed by atoms with van der Waals surface area (Å²) in [5.74, 6) is -0.442. The van der Waals surface area contributed by atoms with Crippen molar-refractivity contribution in [1.29, 1.82) is 0 Å². The van der Waals surface area contributed by atoms with E-state index in [9.17, 15) is 4.79 Å². The molecular weight excluding hydrogens is 391 g/mol. The van der Waals surface area contributed by atoms with Gasteiger partial charge in [0.05, 0.1) is 10.0 Å². The first-order valence-corrected chi connectivity index (χ1v) is 7.78. The van der Waals surface area contributed by atoms with Crippen LogP contribution < -0.4 is 4.74 Å². The highest BCUT2D eigenvalue weighted by Crippen LogP contribution is 2.27. The van der Waals surface area contributed by atoms with Crippen molar-refractivity contribution in [1.82, 2.24) is 0 Å². The molecule has 0 aliphatic heterocycles. The van der Waals surface area contributed by atoms with Crippen LogP contribution in [0.5, 0.6) is 5.75 Å². The second-order valence-electron chi connectivity index (χ2n) is 4.39. The highest BCUT2D eigenvalue weighted by Gasteiger charge is 2.05. The molecule has 0 saturated carbocycles. The Hall–Kier alpha value is -1.49. The molecule has 0 aliphatic carbocycles. The first-order chi connectivity index (χ1) is 10.5. The first-order valence-electron chi connectivity index (χ1n) is 6.23. The number of aliphatic carboxylic acids is 1. The van der Waals surface area contributed by atoms with E-state index in [0.717, 1.165) is 16.1 Å². The third-order valence-electron chi connectivity index (χ3n) is 2.76. The number of hydrogen-bond acceptors (Lipinski definition) is 2. The topological polar surface area (TPSA) is 46.5 Å². The van der Waals surface area contributed by atoms with E-state index in [-0.39, 0.29) is 0 Å². The van der Waals surface area contributed by atoms with Crippen molar-refractivity contribution in [2.75, 3.05) is 0 Å². The predicted octanol–water partition coefficient (Wildman–Crippen LogP) is 5.43. The van der Waals surface area contributed by atoms with Crippen LogP contribution in [-0.2, 0) is 11.4 Å². The third-order valence-corrected chi connectivity index (χ3v) is 3.99. The van der Waals surface area contributed by atoms with E-state index in [4.69, 9.17) is 33.0 Å². The Kier molecular flexibility index (Phi) is 5.89. The molecular formula is C16H11BrCl2O3. The molecule has 0 amide bonds. The van der Waals surface area contributed by atoms with Crippen LogP contribution in [0.3, 0.4) is 0 Å². The summed E-state index contributed by atoms with van der Waals surface area (Å²) in [4.78, 5) is 10.7. The molecule has 0 fully saturated rings. The normalized spacial score (nSPS) is 10.9. The summed E-state index contributed by atoms with van der Waals surface area (Å²) >= 11 is 15.2. The number of halogens is 3. The lowest BCUT2D eigenvalue weighted by molar-refractivity contribution is -0.131. The fourth-order valence-electron chi connectivity index (χ4n) is 1.73. The average molecular weight is 402 g/mol. The molecule has 1 N–H and O–H groups in total. The zero-order chi connectivity index (χ0) is 16.1. The molecule has 3 nitrogen and oxygen atoms in total. The summed E-state index contributed by atoms with van der Waals surface area (Å²) in [6.45, 7) is 0.298. The van der Waals surface area contributed by atoms with E-state index in [1.807, 2.05) is 12.1 Å². The maximum atomic E-state index is 10.7. The summed E-state index contributed by atoms with van der Waals surface area (Å²) in [5.41, 5.74) is 1.53. The maximum Gasteiger partial charge on any atom is 0.328 e. The van der Waals surface area contributed by atoms with Gasteiger partial charge in [0.15, 0.2) is 0 Å². The third kappa shape index (κ3) is 4.77. The lowest BCUT2D eigenvalue weighted by Gasteiger charge is -2.10. The predicted molar refractivity (Wildman–Crippen MR) is 91.6 cm³/mol. The first kappa shape index (κ1) is 16.9. The van der Waals surface area contributed by atoms with Crippen molar-refractivity contribution in [2.24, 2.45) is 0 Å². The fourth-order valence-corrected chi connectivity index (χ4v) is 2.43. The standard InChI is InChI=1S/C16H11BrCl2O3/c17-12-3-5-15(11(8-12)2-6-16(20)21)22-9-10-1-4-13(18)14(19)7-10/h1-8H,9H2,(H,20,21)/b6-2+. The van der Waals surface area contributed by atoms with Gasteiger partial charge in [-0.2, -0.15) is 0 Å². The van der Waals surface area contributed by atoms with Gasteiger partial charge in [-0.1, -0.05) is 45.2 Å². The van der Waals surface area contributed by atoms with Crippen LogP contribution in [0.15, 0.2) is 46.9 Å². The summed E-state index contributed by atoms with van der Waals surface area (Å²) < 4.78 is 6.57. The van der Waals surface area contributed by atoms with Crippen LogP contribution in [0.4, 0.5) is 0 Å². The smallest absolute Gasteiger partial charge is 0.328 e. The minimum Gasteiger partial charge on any atom is -0.488 e. The second kappa shape index (κ2) is 7.68. The quantitative estimate of drug-likeness (QED) is 0.679. The van der Waals surface area contributed by atoms with Crippen LogP contribution in [0, 0.1) is 0 Å². The molecule has 0 unspecified atom stereocenters. The number of carboxylic acids is 1. The Labute approximate surface area is 146 Å². The Bertz CT molecular complexity index is 729. The molecule has 2 aromatic carbocycles. The van der Waals surface area contributed by atoms with Gasteiger partial charge in [-0.05, 0) is 42.0 Å². The molecule has 0 saturated heterocycles. The van der Waals surface area contributed by atoms with Gasteiger partial charge in [-0.15, -0.1) is 0 Å². The lowest BCUT2D eigenvalue weighted by Crippen LogP contribution is -1.97. The highest BCUT2D eigenvalue weighted by molar-refractivity contribution is 9.10. The molecule has 0 aliphatic rings. The van der Waals surface area contributed by atoms with Crippen LogP contribution in [0.2, 0.25) is 10.0 Å². The summed E-state index contributed by atoms with van der Waals surface area (Å²) in [6, 6.07) is 10.6. The molecule has 0 atom stereocenters. The fraction of sp³-hybridized carbons (Fsp3) is 0.0625. The van der Waals surface area contributed by atoms with E-state index in [2.05, 4.69) is 15.9 Å².